The number of hydrogen-bond acceptors (Lipinski definition) is 3. The van der Waals surface area contributed by atoms with Crippen molar-refractivity contribution in [1.82, 2.24) is 4.98 Å². The highest BCUT2D eigenvalue weighted by Gasteiger charge is 2.29. The number of nitrogens with zero attached hydrogens (tertiary/aromatic N) is 1. The standard InChI is InChI=1S/C14H10F5NO2S/c1-2-7-3-4-20-9(5-7)23(21,22)6-8-10(15)12(17)14(19)13(18)11(8)16/h3-5H,2,6H2,1H3. The van der Waals surface area contributed by atoms with Crippen molar-refractivity contribution in [3.63, 3.8) is 0 Å². The van der Waals surface area contributed by atoms with Crippen molar-refractivity contribution in [2.45, 2.75) is 24.1 Å². The second-order valence-corrected chi connectivity index (χ2v) is 6.60. The molecule has 0 unspecified atom stereocenters. The van der Waals surface area contributed by atoms with Crippen LogP contribution in [0.4, 0.5) is 22.0 Å². The monoisotopic (exact) mass is 351 g/mol. The van der Waals surface area contributed by atoms with Gasteiger partial charge in [-0.3, -0.25) is 0 Å². The SMILES string of the molecule is CCc1ccnc(S(=O)(=O)Cc2c(F)c(F)c(F)c(F)c2F)c1. The van der Waals surface area contributed by atoms with Gasteiger partial charge in [-0.15, -0.1) is 0 Å². The van der Waals surface area contributed by atoms with E-state index in [1.54, 1.807) is 6.92 Å². The topological polar surface area (TPSA) is 47.0 Å². The van der Waals surface area contributed by atoms with E-state index in [4.69, 9.17) is 0 Å². The molecule has 2 rings (SSSR count). The van der Waals surface area contributed by atoms with Gasteiger partial charge >= 0.3 is 0 Å². The van der Waals surface area contributed by atoms with Gasteiger partial charge in [-0.05, 0) is 24.1 Å². The van der Waals surface area contributed by atoms with Crippen LogP contribution in [0.5, 0.6) is 0 Å². The van der Waals surface area contributed by atoms with Gasteiger partial charge in [0.2, 0.25) is 5.82 Å². The highest BCUT2D eigenvalue weighted by atomic mass is 32.2. The molecule has 23 heavy (non-hydrogen) atoms. The average Bonchev–Trinajstić information content (AvgIpc) is 2.55. The first kappa shape index (κ1) is 17.3. The summed E-state index contributed by atoms with van der Waals surface area (Å²) in [6, 6.07) is 2.72. The molecule has 1 aromatic heterocycles. The van der Waals surface area contributed by atoms with Crippen LogP contribution < -0.4 is 0 Å². The minimum atomic E-state index is -4.38. The summed E-state index contributed by atoms with van der Waals surface area (Å²) in [6.45, 7) is 1.75. The van der Waals surface area contributed by atoms with E-state index < -0.39 is 55.3 Å². The van der Waals surface area contributed by atoms with Gasteiger partial charge in [0.25, 0.3) is 0 Å². The summed E-state index contributed by atoms with van der Waals surface area (Å²) < 4.78 is 90.7. The number of rotatable bonds is 4. The Hall–Kier alpha value is -2.03. The summed E-state index contributed by atoms with van der Waals surface area (Å²) in [4.78, 5) is 3.58. The first-order chi connectivity index (χ1) is 10.7. The van der Waals surface area contributed by atoms with Gasteiger partial charge in [-0.1, -0.05) is 6.92 Å². The maximum atomic E-state index is 13.6. The van der Waals surface area contributed by atoms with Crippen molar-refractivity contribution < 1.29 is 30.4 Å². The molecule has 9 heteroatoms. The largest absolute Gasteiger partial charge is 0.245 e. The number of aromatic nitrogens is 1. The zero-order valence-electron chi connectivity index (χ0n) is 11.7. The Morgan fingerprint density at radius 2 is 1.48 bits per heavy atom. The molecular formula is C14H10F5NO2S. The van der Waals surface area contributed by atoms with Crippen LogP contribution in [-0.4, -0.2) is 13.4 Å². The molecule has 0 saturated carbocycles. The molecule has 0 aliphatic carbocycles. The fraction of sp³-hybridized carbons (Fsp3) is 0.214. The lowest BCUT2D eigenvalue weighted by molar-refractivity contribution is 0.372. The smallest absolute Gasteiger partial charge is 0.200 e. The highest BCUT2D eigenvalue weighted by Crippen LogP contribution is 2.26. The lowest BCUT2D eigenvalue weighted by Gasteiger charge is -2.09. The molecule has 0 amide bonds. The molecule has 1 aromatic carbocycles. The van der Waals surface area contributed by atoms with Crippen LogP contribution in [0.1, 0.15) is 18.1 Å². The first-order valence-corrected chi connectivity index (χ1v) is 8.02. The minimum absolute atomic E-state index is 0.480. The number of halogens is 5. The molecule has 0 radical (unpaired) electrons. The second-order valence-electron chi connectivity index (χ2n) is 4.66. The zero-order chi connectivity index (χ0) is 17.4. The zero-order valence-corrected chi connectivity index (χ0v) is 12.5. The molecule has 3 nitrogen and oxygen atoms in total. The Balaban J connectivity index is 2.54. The van der Waals surface area contributed by atoms with Crippen LogP contribution >= 0.6 is 0 Å². The maximum Gasteiger partial charge on any atom is 0.200 e. The Morgan fingerprint density at radius 3 is 2.00 bits per heavy atom. The molecule has 0 aliphatic rings. The molecule has 0 saturated heterocycles. The lowest BCUT2D eigenvalue weighted by atomic mass is 10.2. The third kappa shape index (κ3) is 3.19. The van der Waals surface area contributed by atoms with Crippen molar-refractivity contribution in [2.75, 3.05) is 0 Å². The van der Waals surface area contributed by atoms with Gasteiger partial charge in [0.05, 0.1) is 5.75 Å². The van der Waals surface area contributed by atoms with Crippen LogP contribution in [0.2, 0.25) is 0 Å². The fourth-order valence-corrected chi connectivity index (χ4v) is 3.22. The molecule has 0 atom stereocenters. The van der Waals surface area contributed by atoms with Crippen molar-refractivity contribution in [3.8, 4) is 0 Å². The summed E-state index contributed by atoms with van der Waals surface area (Å²) in [5.41, 5.74) is -0.818. The van der Waals surface area contributed by atoms with Crippen LogP contribution in [-0.2, 0) is 22.0 Å². The van der Waals surface area contributed by atoms with Crippen molar-refractivity contribution in [1.29, 1.82) is 0 Å². The van der Waals surface area contributed by atoms with Crippen molar-refractivity contribution >= 4 is 9.84 Å². The van der Waals surface area contributed by atoms with Gasteiger partial charge in [0.1, 0.15) is 0 Å². The van der Waals surface area contributed by atoms with Crippen LogP contribution in [0.3, 0.4) is 0 Å². The third-order valence-electron chi connectivity index (χ3n) is 3.16. The molecule has 0 aliphatic heterocycles. The fourth-order valence-electron chi connectivity index (χ4n) is 1.88. The summed E-state index contributed by atoms with van der Waals surface area (Å²) in [5.74, 6) is -12.5. The van der Waals surface area contributed by atoms with Crippen LogP contribution in [0.15, 0.2) is 23.4 Å². The number of aryl methyl sites for hydroxylation is 1. The van der Waals surface area contributed by atoms with E-state index >= 15 is 0 Å². The number of pyridine rings is 1. The van der Waals surface area contributed by atoms with Gasteiger partial charge in [-0.2, -0.15) is 0 Å². The molecule has 0 fully saturated rings. The van der Waals surface area contributed by atoms with E-state index in [1.165, 1.54) is 18.3 Å². The van der Waals surface area contributed by atoms with E-state index in [2.05, 4.69) is 4.98 Å². The van der Waals surface area contributed by atoms with Crippen molar-refractivity contribution in [3.05, 3.63) is 58.5 Å². The van der Waals surface area contributed by atoms with Crippen LogP contribution in [0, 0.1) is 29.1 Å². The van der Waals surface area contributed by atoms with E-state index in [0.29, 0.717) is 12.0 Å². The third-order valence-corrected chi connectivity index (χ3v) is 4.69. The second kappa shape index (κ2) is 6.23. The normalized spacial score (nSPS) is 11.7. The Bertz CT molecular complexity index is 839. The van der Waals surface area contributed by atoms with E-state index in [-0.39, 0.29) is 0 Å². The molecule has 0 N–H and O–H groups in total. The molecule has 124 valence electrons. The number of benzene rings is 1. The summed E-state index contributed by atoms with van der Waals surface area (Å²) >= 11 is 0. The van der Waals surface area contributed by atoms with Gasteiger partial charge in [0.15, 0.2) is 38.1 Å². The maximum absolute atomic E-state index is 13.6. The van der Waals surface area contributed by atoms with Gasteiger partial charge in [0, 0.05) is 11.8 Å². The number of hydrogen-bond donors (Lipinski definition) is 0. The molecular weight excluding hydrogens is 341 g/mol. The van der Waals surface area contributed by atoms with E-state index in [1.807, 2.05) is 0 Å². The van der Waals surface area contributed by atoms with Gasteiger partial charge in [-0.25, -0.2) is 35.4 Å². The minimum Gasteiger partial charge on any atom is -0.245 e. The predicted octanol–water partition coefficient (Wildman–Crippen LogP) is 3.31. The predicted molar refractivity (Wildman–Crippen MR) is 70.7 cm³/mol. The van der Waals surface area contributed by atoms with Gasteiger partial charge < -0.3 is 0 Å². The quantitative estimate of drug-likeness (QED) is 0.482. The Labute approximate surface area is 128 Å². The summed E-state index contributed by atoms with van der Waals surface area (Å²) in [6.07, 6.45) is 1.66. The summed E-state index contributed by atoms with van der Waals surface area (Å²) in [7, 11) is -4.38. The Morgan fingerprint density at radius 1 is 0.957 bits per heavy atom. The van der Waals surface area contributed by atoms with Crippen LogP contribution in [0.25, 0.3) is 0 Å². The Kier molecular flexibility index (Phi) is 4.69. The molecule has 1 heterocycles. The lowest BCUT2D eigenvalue weighted by Crippen LogP contribution is -2.14. The molecule has 0 bridgehead atoms. The van der Waals surface area contributed by atoms with Crippen molar-refractivity contribution in [2.24, 2.45) is 0 Å². The van der Waals surface area contributed by atoms with E-state index in [0.717, 1.165) is 0 Å². The molecule has 2 aromatic rings. The van der Waals surface area contributed by atoms with E-state index in [9.17, 15) is 30.4 Å². The highest BCUT2D eigenvalue weighted by molar-refractivity contribution is 7.90. The first-order valence-electron chi connectivity index (χ1n) is 6.37. The average molecular weight is 351 g/mol. The number of sulfone groups is 1. The molecule has 0 spiro atoms. The summed E-state index contributed by atoms with van der Waals surface area (Å²) in [5, 5.41) is -0.499.